The molecule has 1 N–H and O–H groups in total. The van der Waals surface area contributed by atoms with Crippen LogP contribution in [0.15, 0.2) is 24.3 Å². The number of carbonyl (C=O) groups excluding carboxylic acids is 2. The standard InChI is InChI=1S/C12H13NO3/c14-7-9-2-1-3-11(6-9)16-8-12(15)13-10-4-5-10/h1-3,6-7,10H,4-5,8H2,(H,13,15). The molecule has 1 aromatic carbocycles. The molecule has 0 heterocycles. The second-order valence-electron chi connectivity index (χ2n) is 3.82. The topological polar surface area (TPSA) is 55.4 Å². The van der Waals surface area contributed by atoms with Crippen LogP contribution < -0.4 is 10.1 Å². The zero-order valence-electron chi connectivity index (χ0n) is 8.81. The number of carbonyl (C=O) groups is 2. The summed E-state index contributed by atoms with van der Waals surface area (Å²) in [6.45, 7) is -0.00118. The van der Waals surface area contributed by atoms with Crippen LogP contribution in [-0.4, -0.2) is 24.8 Å². The molecule has 0 spiro atoms. The lowest BCUT2D eigenvalue weighted by molar-refractivity contribution is -0.123. The molecule has 2 rings (SSSR count). The lowest BCUT2D eigenvalue weighted by Crippen LogP contribution is -2.30. The van der Waals surface area contributed by atoms with Gasteiger partial charge in [-0.25, -0.2) is 0 Å². The molecule has 1 saturated carbocycles. The van der Waals surface area contributed by atoms with Crippen molar-refractivity contribution in [1.29, 1.82) is 0 Å². The van der Waals surface area contributed by atoms with Crippen LogP contribution >= 0.6 is 0 Å². The molecule has 1 amide bonds. The lowest BCUT2D eigenvalue weighted by atomic mass is 10.2. The number of benzene rings is 1. The summed E-state index contributed by atoms with van der Waals surface area (Å²) < 4.78 is 5.27. The van der Waals surface area contributed by atoms with Crippen LogP contribution in [0.5, 0.6) is 5.75 Å². The van der Waals surface area contributed by atoms with Crippen LogP contribution in [0.3, 0.4) is 0 Å². The van der Waals surface area contributed by atoms with Gasteiger partial charge >= 0.3 is 0 Å². The van der Waals surface area contributed by atoms with Gasteiger partial charge in [0.25, 0.3) is 5.91 Å². The molecular formula is C12H13NO3. The average molecular weight is 219 g/mol. The van der Waals surface area contributed by atoms with Gasteiger partial charge in [0.1, 0.15) is 12.0 Å². The molecule has 1 aliphatic rings. The molecule has 0 aliphatic heterocycles. The molecule has 1 aromatic rings. The first kappa shape index (κ1) is 10.7. The fourth-order valence-electron chi connectivity index (χ4n) is 1.32. The molecule has 0 saturated heterocycles. The van der Waals surface area contributed by atoms with Crippen molar-refractivity contribution in [3.8, 4) is 5.75 Å². The van der Waals surface area contributed by atoms with Crippen molar-refractivity contribution >= 4 is 12.2 Å². The molecule has 0 radical (unpaired) electrons. The Hall–Kier alpha value is -1.84. The van der Waals surface area contributed by atoms with E-state index in [-0.39, 0.29) is 12.5 Å². The van der Waals surface area contributed by atoms with Crippen molar-refractivity contribution in [2.75, 3.05) is 6.61 Å². The summed E-state index contributed by atoms with van der Waals surface area (Å²) in [6.07, 6.45) is 2.87. The van der Waals surface area contributed by atoms with E-state index in [9.17, 15) is 9.59 Å². The Morgan fingerprint density at radius 3 is 3.00 bits per heavy atom. The molecular weight excluding hydrogens is 206 g/mol. The zero-order valence-corrected chi connectivity index (χ0v) is 8.81. The summed E-state index contributed by atoms with van der Waals surface area (Å²) in [7, 11) is 0. The van der Waals surface area contributed by atoms with Crippen molar-refractivity contribution in [1.82, 2.24) is 5.32 Å². The predicted octanol–water partition coefficient (Wildman–Crippen LogP) is 1.16. The van der Waals surface area contributed by atoms with E-state index in [1.165, 1.54) is 0 Å². The number of nitrogens with one attached hydrogen (secondary N) is 1. The van der Waals surface area contributed by atoms with Crippen molar-refractivity contribution in [2.24, 2.45) is 0 Å². The number of ether oxygens (including phenoxy) is 1. The lowest BCUT2D eigenvalue weighted by Gasteiger charge is -2.06. The summed E-state index contributed by atoms with van der Waals surface area (Å²) >= 11 is 0. The van der Waals surface area contributed by atoms with Gasteiger partial charge in [0.2, 0.25) is 0 Å². The first-order valence-corrected chi connectivity index (χ1v) is 5.25. The third-order valence-electron chi connectivity index (χ3n) is 2.31. The maximum Gasteiger partial charge on any atom is 0.258 e. The molecule has 0 aromatic heterocycles. The summed E-state index contributed by atoms with van der Waals surface area (Å²) in [5, 5.41) is 2.82. The molecule has 84 valence electrons. The highest BCUT2D eigenvalue weighted by molar-refractivity contribution is 5.78. The Kier molecular flexibility index (Phi) is 3.19. The number of rotatable bonds is 5. The van der Waals surface area contributed by atoms with Gasteiger partial charge in [0, 0.05) is 11.6 Å². The molecule has 16 heavy (non-hydrogen) atoms. The minimum atomic E-state index is -0.112. The maximum absolute atomic E-state index is 11.3. The highest BCUT2D eigenvalue weighted by Gasteiger charge is 2.23. The monoisotopic (exact) mass is 219 g/mol. The minimum absolute atomic E-state index is 0.00118. The van der Waals surface area contributed by atoms with Crippen LogP contribution in [0.25, 0.3) is 0 Å². The second kappa shape index (κ2) is 4.79. The van der Waals surface area contributed by atoms with Crippen LogP contribution in [-0.2, 0) is 4.79 Å². The third kappa shape index (κ3) is 3.08. The molecule has 0 atom stereocenters. The van der Waals surface area contributed by atoms with Gasteiger partial charge in [-0.15, -0.1) is 0 Å². The normalized spacial score (nSPS) is 14.2. The number of aldehydes is 1. The maximum atomic E-state index is 11.3. The third-order valence-corrected chi connectivity index (χ3v) is 2.31. The first-order valence-electron chi connectivity index (χ1n) is 5.25. The predicted molar refractivity (Wildman–Crippen MR) is 58.5 cm³/mol. The summed E-state index contributed by atoms with van der Waals surface area (Å²) in [4.78, 5) is 21.8. The van der Waals surface area contributed by atoms with Gasteiger partial charge in [-0.3, -0.25) is 9.59 Å². The van der Waals surface area contributed by atoms with Gasteiger partial charge in [-0.05, 0) is 25.0 Å². The number of amides is 1. The average Bonchev–Trinajstić information content (AvgIpc) is 3.10. The molecule has 1 aliphatic carbocycles. The summed E-state index contributed by atoms with van der Waals surface area (Å²) in [6, 6.07) is 7.08. The quantitative estimate of drug-likeness (QED) is 0.756. The Labute approximate surface area is 93.6 Å². The Morgan fingerprint density at radius 1 is 1.50 bits per heavy atom. The van der Waals surface area contributed by atoms with Gasteiger partial charge < -0.3 is 10.1 Å². The van der Waals surface area contributed by atoms with Crippen LogP contribution in [0.4, 0.5) is 0 Å². The molecule has 0 bridgehead atoms. The summed E-state index contributed by atoms with van der Waals surface area (Å²) in [5.41, 5.74) is 0.542. The Balaban J connectivity index is 1.83. The van der Waals surface area contributed by atoms with E-state index in [0.29, 0.717) is 17.4 Å². The fourth-order valence-corrected chi connectivity index (χ4v) is 1.32. The van der Waals surface area contributed by atoms with E-state index < -0.39 is 0 Å². The molecule has 1 fully saturated rings. The van der Waals surface area contributed by atoms with Crippen molar-refractivity contribution in [3.63, 3.8) is 0 Å². The van der Waals surface area contributed by atoms with Gasteiger partial charge in [0.15, 0.2) is 6.61 Å². The first-order chi connectivity index (χ1) is 7.78. The summed E-state index contributed by atoms with van der Waals surface area (Å²) in [5.74, 6) is 0.426. The molecule has 4 nitrogen and oxygen atoms in total. The molecule has 4 heteroatoms. The fraction of sp³-hybridized carbons (Fsp3) is 0.333. The van der Waals surface area contributed by atoms with E-state index in [0.717, 1.165) is 19.1 Å². The van der Waals surface area contributed by atoms with Crippen molar-refractivity contribution < 1.29 is 14.3 Å². The van der Waals surface area contributed by atoms with Crippen molar-refractivity contribution in [3.05, 3.63) is 29.8 Å². The van der Waals surface area contributed by atoms with E-state index in [2.05, 4.69) is 5.32 Å². The van der Waals surface area contributed by atoms with E-state index in [4.69, 9.17) is 4.74 Å². The van der Waals surface area contributed by atoms with Crippen LogP contribution in [0, 0.1) is 0 Å². The molecule has 0 unspecified atom stereocenters. The van der Waals surface area contributed by atoms with Crippen LogP contribution in [0.2, 0.25) is 0 Å². The highest BCUT2D eigenvalue weighted by atomic mass is 16.5. The Bertz CT molecular complexity index is 399. The largest absolute Gasteiger partial charge is 0.484 e. The second-order valence-corrected chi connectivity index (χ2v) is 3.82. The van der Waals surface area contributed by atoms with Crippen LogP contribution in [0.1, 0.15) is 23.2 Å². The van der Waals surface area contributed by atoms with Crippen molar-refractivity contribution in [2.45, 2.75) is 18.9 Å². The van der Waals surface area contributed by atoms with Gasteiger partial charge in [0.05, 0.1) is 0 Å². The Morgan fingerprint density at radius 2 is 2.31 bits per heavy atom. The van der Waals surface area contributed by atoms with Gasteiger partial charge in [-0.1, -0.05) is 12.1 Å². The number of hydrogen-bond donors (Lipinski definition) is 1. The van der Waals surface area contributed by atoms with E-state index >= 15 is 0 Å². The smallest absolute Gasteiger partial charge is 0.258 e. The SMILES string of the molecule is O=Cc1cccc(OCC(=O)NC2CC2)c1. The van der Waals surface area contributed by atoms with Gasteiger partial charge in [-0.2, -0.15) is 0 Å². The number of hydrogen-bond acceptors (Lipinski definition) is 3. The van der Waals surface area contributed by atoms with E-state index in [1.807, 2.05) is 0 Å². The zero-order chi connectivity index (χ0) is 11.4. The minimum Gasteiger partial charge on any atom is -0.484 e. The highest BCUT2D eigenvalue weighted by Crippen LogP contribution is 2.18. The van der Waals surface area contributed by atoms with E-state index in [1.54, 1.807) is 24.3 Å².